The second-order valence-electron chi connectivity index (χ2n) is 5.55. The summed E-state index contributed by atoms with van der Waals surface area (Å²) < 4.78 is 39.9. The number of H-pyrrole nitrogens is 1. The minimum absolute atomic E-state index is 0.0199. The van der Waals surface area contributed by atoms with Crippen molar-refractivity contribution in [1.29, 1.82) is 0 Å². The number of nitrogens with zero attached hydrogens (tertiary/aromatic N) is 1. The van der Waals surface area contributed by atoms with Crippen LogP contribution in [0.2, 0.25) is 0 Å². The van der Waals surface area contributed by atoms with Crippen LogP contribution in [0.15, 0.2) is 24.3 Å². The molecule has 0 aliphatic rings. The van der Waals surface area contributed by atoms with E-state index in [0.29, 0.717) is 22.5 Å². The number of hydrogen-bond acceptors (Lipinski definition) is 2. The third-order valence-corrected chi connectivity index (χ3v) is 3.63. The fraction of sp³-hybridized carbons (Fsp3) is 0.375. The molecule has 1 heterocycles. The summed E-state index contributed by atoms with van der Waals surface area (Å²) in [5, 5.41) is 8.74. The highest BCUT2D eigenvalue weighted by atomic mass is 19.4. The monoisotopic (exact) mass is 325 g/mol. The highest BCUT2D eigenvalue weighted by Crippen LogP contribution is 2.33. The molecule has 0 bridgehead atoms. The summed E-state index contributed by atoms with van der Waals surface area (Å²) in [6.07, 6.45) is -4.71. The number of halogens is 3. The van der Waals surface area contributed by atoms with Gasteiger partial charge in [-0.25, -0.2) is 0 Å². The molecule has 0 radical (unpaired) electrons. The van der Waals surface area contributed by atoms with Crippen molar-refractivity contribution in [3.63, 3.8) is 0 Å². The van der Waals surface area contributed by atoms with Crippen molar-refractivity contribution in [3.05, 3.63) is 52.3 Å². The lowest BCUT2D eigenvalue weighted by Gasteiger charge is -2.22. The SMILES string of the molecule is Cc1cccc(C(NC(=O)Cc2c(C)n[nH]c2C)C(F)(F)F)c1. The molecule has 0 saturated carbocycles. The van der Waals surface area contributed by atoms with Crippen LogP contribution < -0.4 is 5.32 Å². The molecule has 1 atom stereocenters. The number of nitrogens with one attached hydrogen (secondary N) is 2. The number of hydrogen-bond donors (Lipinski definition) is 2. The van der Waals surface area contributed by atoms with E-state index in [4.69, 9.17) is 0 Å². The summed E-state index contributed by atoms with van der Waals surface area (Å²) in [5.74, 6) is -0.693. The smallest absolute Gasteiger partial charge is 0.341 e. The molecule has 0 fully saturated rings. The predicted octanol–water partition coefficient (Wildman–Crippen LogP) is 3.30. The molecule has 0 aliphatic heterocycles. The number of amides is 1. The quantitative estimate of drug-likeness (QED) is 0.906. The molecule has 2 aromatic rings. The minimum atomic E-state index is -4.57. The van der Waals surface area contributed by atoms with Crippen molar-refractivity contribution in [3.8, 4) is 0 Å². The normalized spacial score (nSPS) is 13.0. The van der Waals surface area contributed by atoms with Gasteiger partial charge in [-0.2, -0.15) is 18.3 Å². The molecular formula is C16H18F3N3O. The Balaban J connectivity index is 2.20. The zero-order valence-electron chi connectivity index (χ0n) is 13.1. The number of carbonyl (C=O) groups is 1. The maximum atomic E-state index is 13.3. The van der Waals surface area contributed by atoms with Crippen molar-refractivity contribution >= 4 is 5.91 Å². The van der Waals surface area contributed by atoms with Crippen LogP contribution in [0.1, 0.15) is 34.1 Å². The molecule has 23 heavy (non-hydrogen) atoms. The maximum absolute atomic E-state index is 13.3. The average Bonchev–Trinajstić information content (AvgIpc) is 2.75. The molecule has 2 N–H and O–H groups in total. The van der Waals surface area contributed by atoms with E-state index in [-0.39, 0.29) is 12.0 Å². The molecule has 1 aromatic carbocycles. The molecule has 124 valence electrons. The Labute approximate surface area is 132 Å². The van der Waals surface area contributed by atoms with Gasteiger partial charge in [-0.3, -0.25) is 9.89 Å². The highest BCUT2D eigenvalue weighted by molar-refractivity contribution is 5.79. The number of alkyl halides is 3. The lowest BCUT2D eigenvalue weighted by atomic mass is 10.0. The molecule has 1 aromatic heterocycles. The Morgan fingerprint density at radius 3 is 2.52 bits per heavy atom. The zero-order valence-corrected chi connectivity index (χ0v) is 13.1. The number of aromatic nitrogens is 2. The zero-order chi connectivity index (χ0) is 17.2. The van der Waals surface area contributed by atoms with Gasteiger partial charge in [0.15, 0.2) is 6.04 Å². The van der Waals surface area contributed by atoms with E-state index >= 15 is 0 Å². The van der Waals surface area contributed by atoms with Crippen LogP contribution in [0.4, 0.5) is 13.2 Å². The van der Waals surface area contributed by atoms with Crippen molar-refractivity contribution < 1.29 is 18.0 Å². The van der Waals surface area contributed by atoms with E-state index in [9.17, 15) is 18.0 Å². The summed E-state index contributed by atoms with van der Waals surface area (Å²) in [4.78, 5) is 12.1. The molecule has 1 unspecified atom stereocenters. The van der Waals surface area contributed by atoms with E-state index in [1.807, 2.05) is 0 Å². The van der Waals surface area contributed by atoms with Gasteiger partial charge in [-0.15, -0.1) is 0 Å². The Hall–Kier alpha value is -2.31. The maximum Gasteiger partial charge on any atom is 0.412 e. The Kier molecular flexibility index (Phi) is 4.77. The fourth-order valence-corrected chi connectivity index (χ4v) is 2.41. The van der Waals surface area contributed by atoms with E-state index in [1.165, 1.54) is 12.1 Å². The van der Waals surface area contributed by atoms with Gasteiger partial charge < -0.3 is 5.32 Å². The minimum Gasteiger partial charge on any atom is -0.341 e. The van der Waals surface area contributed by atoms with Crippen LogP contribution in [0.5, 0.6) is 0 Å². The van der Waals surface area contributed by atoms with Crippen LogP contribution in [-0.2, 0) is 11.2 Å². The summed E-state index contributed by atoms with van der Waals surface area (Å²) in [6, 6.07) is 4.01. The van der Waals surface area contributed by atoms with Gasteiger partial charge >= 0.3 is 6.18 Å². The molecule has 2 rings (SSSR count). The Bertz CT molecular complexity index is 687. The first-order chi connectivity index (χ1) is 10.7. The number of aryl methyl sites for hydroxylation is 3. The Morgan fingerprint density at radius 2 is 2.00 bits per heavy atom. The first-order valence-corrected chi connectivity index (χ1v) is 7.11. The predicted molar refractivity (Wildman–Crippen MR) is 79.9 cm³/mol. The molecule has 7 heteroatoms. The number of benzene rings is 1. The van der Waals surface area contributed by atoms with Crippen LogP contribution in [-0.4, -0.2) is 22.3 Å². The van der Waals surface area contributed by atoms with Crippen molar-refractivity contribution in [1.82, 2.24) is 15.5 Å². The highest BCUT2D eigenvalue weighted by Gasteiger charge is 2.41. The molecule has 0 saturated heterocycles. The van der Waals surface area contributed by atoms with E-state index in [1.54, 1.807) is 32.9 Å². The van der Waals surface area contributed by atoms with Crippen molar-refractivity contribution in [2.75, 3.05) is 0 Å². The van der Waals surface area contributed by atoms with E-state index in [0.717, 1.165) is 0 Å². The van der Waals surface area contributed by atoms with Gasteiger partial charge in [0.2, 0.25) is 5.91 Å². The average molecular weight is 325 g/mol. The largest absolute Gasteiger partial charge is 0.412 e. The van der Waals surface area contributed by atoms with Crippen LogP contribution >= 0.6 is 0 Å². The van der Waals surface area contributed by atoms with Gasteiger partial charge in [0.1, 0.15) is 0 Å². The second-order valence-corrected chi connectivity index (χ2v) is 5.55. The van der Waals surface area contributed by atoms with Gasteiger partial charge in [-0.05, 0) is 26.3 Å². The Morgan fingerprint density at radius 1 is 1.30 bits per heavy atom. The van der Waals surface area contributed by atoms with Gasteiger partial charge in [0.25, 0.3) is 0 Å². The first kappa shape index (κ1) is 17.1. The van der Waals surface area contributed by atoms with Crippen LogP contribution in [0.25, 0.3) is 0 Å². The lowest BCUT2D eigenvalue weighted by Crippen LogP contribution is -2.39. The van der Waals surface area contributed by atoms with Crippen LogP contribution in [0, 0.1) is 20.8 Å². The number of aromatic amines is 1. The first-order valence-electron chi connectivity index (χ1n) is 7.11. The van der Waals surface area contributed by atoms with Crippen molar-refractivity contribution in [2.45, 2.75) is 39.4 Å². The number of carbonyl (C=O) groups excluding carboxylic acids is 1. The summed E-state index contributed by atoms with van der Waals surface area (Å²) in [5.41, 5.74) is 2.63. The van der Waals surface area contributed by atoms with Crippen LogP contribution in [0.3, 0.4) is 0 Å². The van der Waals surface area contributed by atoms with E-state index in [2.05, 4.69) is 15.5 Å². The summed E-state index contributed by atoms with van der Waals surface area (Å²) in [6.45, 7) is 5.13. The lowest BCUT2D eigenvalue weighted by molar-refractivity contribution is -0.163. The fourth-order valence-electron chi connectivity index (χ4n) is 2.41. The molecule has 4 nitrogen and oxygen atoms in total. The van der Waals surface area contributed by atoms with Gasteiger partial charge in [-0.1, -0.05) is 29.8 Å². The second kappa shape index (κ2) is 6.44. The third kappa shape index (κ3) is 4.12. The van der Waals surface area contributed by atoms with Gasteiger partial charge in [0.05, 0.1) is 12.1 Å². The topological polar surface area (TPSA) is 57.8 Å². The van der Waals surface area contributed by atoms with Crippen molar-refractivity contribution in [2.24, 2.45) is 0 Å². The van der Waals surface area contributed by atoms with E-state index < -0.39 is 18.1 Å². The summed E-state index contributed by atoms with van der Waals surface area (Å²) in [7, 11) is 0. The molecule has 1 amide bonds. The summed E-state index contributed by atoms with van der Waals surface area (Å²) >= 11 is 0. The molecule has 0 spiro atoms. The standard InChI is InChI=1S/C16H18F3N3O/c1-9-5-4-6-12(7-9)15(16(17,18)19)20-14(23)8-13-10(2)21-22-11(13)3/h4-7,15H,8H2,1-3H3,(H,20,23)(H,21,22). The third-order valence-electron chi connectivity index (χ3n) is 3.63. The molecular weight excluding hydrogens is 307 g/mol. The number of rotatable bonds is 4. The van der Waals surface area contributed by atoms with Gasteiger partial charge in [0, 0.05) is 11.3 Å². The molecule has 0 aliphatic carbocycles.